The molecule has 0 amide bonds. The highest BCUT2D eigenvalue weighted by Crippen LogP contribution is 2.17. The molecule has 8 nitrogen and oxygen atoms in total. The molecule has 1 rings (SSSR count). The summed E-state index contributed by atoms with van der Waals surface area (Å²) in [4.78, 5) is 37.1. The van der Waals surface area contributed by atoms with Crippen LogP contribution in [0.2, 0.25) is 0 Å². The second kappa shape index (κ2) is 6.02. The lowest BCUT2D eigenvalue weighted by atomic mass is 10.0. The quantitative estimate of drug-likeness (QED) is 0.398. The van der Waals surface area contributed by atoms with Crippen LogP contribution in [-0.2, 0) is 16.6 Å². The molecule has 0 aromatic carbocycles. The summed E-state index contributed by atoms with van der Waals surface area (Å²) < 4.78 is 5.93. The minimum absolute atomic E-state index is 0.347. The topological polar surface area (TPSA) is 120 Å². The number of H-pyrrole nitrogens is 1. The number of aromatic nitrogens is 3. The van der Waals surface area contributed by atoms with E-state index in [4.69, 9.17) is 5.73 Å². The predicted octanol–water partition coefficient (Wildman–Crippen LogP) is -1.16. The van der Waals surface area contributed by atoms with Gasteiger partial charge >= 0.3 is 17.1 Å². The van der Waals surface area contributed by atoms with Gasteiger partial charge in [0.05, 0.1) is 7.11 Å². The van der Waals surface area contributed by atoms with Crippen LogP contribution in [0.15, 0.2) is 14.7 Å². The van der Waals surface area contributed by atoms with Gasteiger partial charge < -0.3 is 10.5 Å². The van der Waals surface area contributed by atoms with Crippen molar-refractivity contribution in [2.75, 3.05) is 12.9 Å². The summed E-state index contributed by atoms with van der Waals surface area (Å²) >= 11 is 1.22. The highest BCUT2D eigenvalue weighted by Gasteiger charge is 2.29. The third-order valence-corrected chi connectivity index (χ3v) is 3.48. The number of rotatable bonds is 5. The predicted molar refractivity (Wildman–Crippen MR) is 70.0 cm³/mol. The van der Waals surface area contributed by atoms with Crippen LogP contribution in [0.25, 0.3) is 0 Å². The van der Waals surface area contributed by atoms with E-state index in [0.717, 1.165) is 0 Å². The molecule has 0 fully saturated rings. The second-order valence-corrected chi connectivity index (χ2v) is 5.27. The molecule has 0 bridgehead atoms. The third kappa shape index (κ3) is 3.93. The standard InChI is InChI=1S/C10H16N4O4S/c1-10(11,8(17)18-3)4-5-19-9-12-6(15)7(16)13-14(9)2/h4-5,11H2,1-3H3,(H,13,16). The van der Waals surface area contributed by atoms with Crippen LogP contribution in [0.3, 0.4) is 0 Å². The number of carbonyl (C=O) groups is 1. The summed E-state index contributed by atoms with van der Waals surface area (Å²) in [5.41, 5.74) is 3.08. The van der Waals surface area contributed by atoms with Crippen LogP contribution >= 0.6 is 11.8 Å². The van der Waals surface area contributed by atoms with Crippen LogP contribution in [0.5, 0.6) is 0 Å². The van der Waals surface area contributed by atoms with Gasteiger partial charge in [-0.1, -0.05) is 11.8 Å². The fraction of sp³-hybridized carbons (Fsp3) is 0.600. The number of ether oxygens (including phenoxy) is 1. The minimum atomic E-state index is -1.09. The summed E-state index contributed by atoms with van der Waals surface area (Å²) in [5.74, 6) is -0.0505. The van der Waals surface area contributed by atoms with Crippen molar-refractivity contribution in [1.82, 2.24) is 14.8 Å². The third-order valence-electron chi connectivity index (χ3n) is 2.45. The van der Waals surface area contributed by atoms with Gasteiger partial charge in [0, 0.05) is 12.8 Å². The van der Waals surface area contributed by atoms with Gasteiger partial charge in [-0.15, -0.1) is 0 Å². The normalized spacial score (nSPS) is 13.9. The molecular formula is C10H16N4O4S. The molecule has 0 saturated heterocycles. The van der Waals surface area contributed by atoms with Gasteiger partial charge in [0.1, 0.15) is 5.54 Å². The van der Waals surface area contributed by atoms with Crippen molar-refractivity contribution in [1.29, 1.82) is 0 Å². The van der Waals surface area contributed by atoms with E-state index in [1.807, 2.05) is 0 Å². The number of aryl methyl sites for hydroxylation is 1. The van der Waals surface area contributed by atoms with Crippen molar-refractivity contribution in [2.24, 2.45) is 12.8 Å². The minimum Gasteiger partial charge on any atom is -0.468 e. The Bertz CT molecular complexity index is 578. The lowest BCUT2D eigenvalue weighted by Crippen LogP contribution is -2.46. The number of hydrogen-bond donors (Lipinski definition) is 2. The molecule has 0 spiro atoms. The largest absolute Gasteiger partial charge is 0.468 e. The van der Waals surface area contributed by atoms with E-state index >= 15 is 0 Å². The van der Waals surface area contributed by atoms with Crippen LogP contribution < -0.4 is 16.9 Å². The van der Waals surface area contributed by atoms with E-state index in [-0.39, 0.29) is 0 Å². The average molecular weight is 288 g/mol. The molecule has 0 aliphatic rings. The average Bonchev–Trinajstić information content (AvgIpc) is 2.34. The van der Waals surface area contributed by atoms with E-state index in [9.17, 15) is 14.4 Å². The fourth-order valence-corrected chi connectivity index (χ4v) is 2.37. The number of esters is 1. The van der Waals surface area contributed by atoms with Crippen molar-refractivity contribution in [3.63, 3.8) is 0 Å². The van der Waals surface area contributed by atoms with Gasteiger partial charge in [-0.2, -0.15) is 4.98 Å². The summed E-state index contributed by atoms with van der Waals surface area (Å²) in [6, 6.07) is 0. The molecule has 0 saturated carbocycles. The Balaban J connectivity index is 2.69. The Morgan fingerprint density at radius 3 is 2.79 bits per heavy atom. The lowest BCUT2D eigenvalue weighted by Gasteiger charge is -2.20. The molecule has 0 radical (unpaired) electrons. The molecule has 1 aromatic heterocycles. The van der Waals surface area contributed by atoms with Gasteiger partial charge in [-0.25, -0.2) is 0 Å². The van der Waals surface area contributed by atoms with Gasteiger partial charge in [0.25, 0.3) is 0 Å². The van der Waals surface area contributed by atoms with Crippen LogP contribution in [-0.4, -0.2) is 39.1 Å². The Morgan fingerprint density at radius 2 is 2.21 bits per heavy atom. The van der Waals surface area contributed by atoms with Gasteiger partial charge in [0.2, 0.25) is 0 Å². The number of aromatic amines is 1. The van der Waals surface area contributed by atoms with E-state index in [0.29, 0.717) is 17.3 Å². The highest BCUT2D eigenvalue weighted by atomic mass is 32.2. The summed E-state index contributed by atoms with van der Waals surface area (Å²) in [6.45, 7) is 1.57. The van der Waals surface area contributed by atoms with Crippen LogP contribution in [0.1, 0.15) is 13.3 Å². The van der Waals surface area contributed by atoms with Gasteiger partial charge in [0.15, 0.2) is 5.16 Å². The number of thioether (sulfide) groups is 1. The SMILES string of the molecule is COC(=O)C(C)(N)CCSc1nc(=O)c(=O)[nH]n1C. The monoisotopic (exact) mass is 288 g/mol. The summed E-state index contributed by atoms with van der Waals surface area (Å²) in [5, 5.41) is 2.68. The van der Waals surface area contributed by atoms with E-state index in [1.165, 1.54) is 23.6 Å². The van der Waals surface area contributed by atoms with Crippen LogP contribution in [0.4, 0.5) is 0 Å². The maximum absolute atomic E-state index is 11.4. The first-order valence-corrected chi connectivity index (χ1v) is 6.44. The molecule has 3 N–H and O–H groups in total. The molecule has 19 heavy (non-hydrogen) atoms. The van der Waals surface area contributed by atoms with E-state index in [2.05, 4.69) is 14.8 Å². The smallest absolute Gasteiger partial charge is 0.339 e. The number of nitrogens with two attached hydrogens (primary N) is 1. The number of carbonyl (C=O) groups excluding carboxylic acids is 1. The molecule has 0 aliphatic carbocycles. The first kappa shape index (κ1) is 15.4. The number of methoxy groups -OCH3 is 1. The molecule has 1 heterocycles. The molecular weight excluding hydrogens is 272 g/mol. The Morgan fingerprint density at radius 1 is 1.58 bits per heavy atom. The van der Waals surface area contributed by atoms with Crippen LogP contribution in [0, 0.1) is 0 Å². The Kier molecular flexibility index (Phi) is 4.90. The van der Waals surface area contributed by atoms with E-state index in [1.54, 1.807) is 14.0 Å². The molecule has 9 heteroatoms. The molecule has 0 aliphatic heterocycles. The summed E-state index contributed by atoms with van der Waals surface area (Å²) in [7, 11) is 2.84. The fourth-order valence-electron chi connectivity index (χ4n) is 1.28. The zero-order valence-corrected chi connectivity index (χ0v) is 11.7. The Labute approximate surface area is 113 Å². The zero-order valence-electron chi connectivity index (χ0n) is 10.9. The maximum atomic E-state index is 11.4. The van der Waals surface area contributed by atoms with Crippen molar-refractivity contribution in [2.45, 2.75) is 24.0 Å². The molecule has 106 valence electrons. The first-order chi connectivity index (χ1) is 8.77. The zero-order chi connectivity index (χ0) is 14.6. The number of nitrogens with one attached hydrogen (secondary N) is 1. The van der Waals surface area contributed by atoms with Crippen molar-refractivity contribution < 1.29 is 9.53 Å². The lowest BCUT2D eigenvalue weighted by molar-refractivity contribution is -0.146. The second-order valence-electron chi connectivity index (χ2n) is 4.21. The van der Waals surface area contributed by atoms with E-state index < -0.39 is 22.6 Å². The maximum Gasteiger partial charge on any atom is 0.339 e. The van der Waals surface area contributed by atoms with Gasteiger partial charge in [-0.3, -0.25) is 24.2 Å². The molecule has 1 unspecified atom stereocenters. The van der Waals surface area contributed by atoms with Crippen molar-refractivity contribution >= 4 is 17.7 Å². The number of hydrogen-bond acceptors (Lipinski definition) is 7. The van der Waals surface area contributed by atoms with Crippen molar-refractivity contribution in [3.05, 3.63) is 20.7 Å². The number of nitrogens with zero attached hydrogens (tertiary/aromatic N) is 2. The summed E-state index contributed by atoms with van der Waals surface area (Å²) in [6.07, 6.45) is 0.347. The highest BCUT2D eigenvalue weighted by molar-refractivity contribution is 7.99. The van der Waals surface area contributed by atoms with Crippen molar-refractivity contribution in [3.8, 4) is 0 Å². The first-order valence-electron chi connectivity index (χ1n) is 5.45. The Hall–Kier alpha value is -1.61. The van der Waals surface area contributed by atoms with Gasteiger partial charge in [-0.05, 0) is 13.3 Å². The molecule has 1 aromatic rings. The molecule has 1 atom stereocenters.